The summed E-state index contributed by atoms with van der Waals surface area (Å²) in [6.45, 7) is 7.74. The fourth-order valence-electron chi connectivity index (χ4n) is 2.17. The van der Waals surface area contributed by atoms with E-state index < -0.39 is 12.0 Å². The summed E-state index contributed by atoms with van der Waals surface area (Å²) >= 11 is 0. The molecule has 1 aromatic heterocycles. The average molecular weight is 307 g/mol. The highest BCUT2D eigenvalue weighted by atomic mass is 16.5. The topological polar surface area (TPSA) is 84.6 Å². The second-order valence-electron chi connectivity index (χ2n) is 6.04. The van der Waals surface area contributed by atoms with E-state index >= 15 is 0 Å². The van der Waals surface area contributed by atoms with E-state index in [1.807, 2.05) is 13.8 Å². The number of carbonyl (C=O) groups excluding carboxylic acids is 1. The molecule has 122 valence electrons. The van der Waals surface area contributed by atoms with Crippen molar-refractivity contribution in [2.45, 2.75) is 26.5 Å². The van der Waals surface area contributed by atoms with Gasteiger partial charge in [0.1, 0.15) is 18.5 Å². The molecule has 22 heavy (non-hydrogen) atoms. The molecule has 2 rings (SSSR count). The zero-order valence-electron chi connectivity index (χ0n) is 13.5. The van der Waals surface area contributed by atoms with Gasteiger partial charge in [-0.25, -0.2) is 4.98 Å². The van der Waals surface area contributed by atoms with Crippen molar-refractivity contribution in [2.75, 3.05) is 38.1 Å². The van der Waals surface area contributed by atoms with Gasteiger partial charge in [-0.3, -0.25) is 9.78 Å². The third-order valence-corrected chi connectivity index (χ3v) is 3.85. The molecule has 0 radical (unpaired) electrons. The number of esters is 1. The fraction of sp³-hybridized carbons (Fsp3) is 0.667. The van der Waals surface area contributed by atoms with Crippen molar-refractivity contribution >= 4 is 11.8 Å². The maximum absolute atomic E-state index is 11.8. The Hall–Kier alpha value is -1.73. The molecule has 0 spiro atoms. The van der Waals surface area contributed by atoms with Crippen LogP contribution < -0.4 is 10.6 Å². The van der Waals surface area contributed by atoms with Gasteiger partial charge in [-0.2, -0.15) is 0 Å². The van der Waals surface area contributed by atoms with E-state index in [0.29, 0.717) is 5.69 Å². The van der Waals surface area contributed by atoms with Crippen LogP contribution in [-0.2, 0) is 16.1 Å². The predicted octanol–water partition coefficient (Wildman–Crippen LogP) is 0.255. The summed E-state index contributed by atoms with van der Waals surface area (Å²) in [5.74, 6) is 0.479. The van der Waals surface area contributed by atoms with E-state index in [2.05, 4.69) is 26.8 Å². The van der Waals surface area contributed by atoms with E-state index in [9.17, 15) is 4.79 Å². The summed E-state index contributed by atoms with van der Waals surface area (Å²) < 4.78 is 5.22. The Kier molecular flexibility index (Phi) is 5.68. The lowest BCUT2D eigenvalue weighted by Crippen LogP contribution is -2.44. The molecule has 1 aliphatic heterocycles. The first-order valence-electron chi connectivity index (χ1n) is 7.64. The summed E-state index contributed by atoms with van der Waals surface area (Å²) in [7, 11) is 2.11. The second kappa shape index (κ2) is 7.51. The van der Waals surface area contributed by atoms with Crippen LogP contribution in [0.25, 0.3) is 0 Å². The number of ether oxygens (including phenoxy) is 1. The number of nitrogens with two attached hydrogens (primary N) is 1. The standard InChI is InChI=1S/C15H25N5O2/c1-11(2)14(16)15(21)22-10-12-8-17-9-13(18-12)20-6-4-19(3)5-7-20/h8-9,11,14H,4-7,10,16H2,1-3H3. The van der Waals surface area contributed by atoms with Crippen molar-refractivity contribution in [3.05, 3.63) is 18.1 Å². The molecular weight excluding hydrogens is 282 g/mol. The Morgan fingerprint density at radius 1 is 1.32 bits per heavy atom. The molecule has 2 N–H and O–H groups in total. The number of likely N-dealkylation sites (N-methyl/N-ethyl adjacent to an activating group) is 1. The molecule has 7 heteroatoms. The van der Waals surface area contributed by atoms with Gasteiger partial charge in [-0.05, 0) is 13.0 Å². The monoisotopic (exact) mass is 307 g/mol. The molecule has 1 aromatic rings. The quantitative estimate of drug-likeness (QED) is 0.781. The number of hydrogen-bond donors (Lipinski definition) is 1. The molecule has 0 aliphatic carbocycles. The predicted molar refractivity (Wildman–Crippen MR) is 84.4 cm³/mol. The van der Waals surface area contributed by atoms with Crippen LogP contribution in [0.4, 0.5) is 5.82 Å². The van der Waals surface area contributed by atoms with Crippen LogP contribution in [0.5, 0.6) is 0 Å². The summed E-state index contributed by atoms with van der Waals surface area (Å²) in [5.41, 5.74) is 6.40. The van der Waals surface area contributed by atoms with Crippen LogP contribution in [0.15, 0.2) is 12.4 Å². The van der Waals surface area contributed by atoms with Gasteiger partial charge in [0.25, 0.3) is 0 Å². The lowest BCUT2D eigenvalue weighted by molar-refractivity contribution is -0.147. The highest BCUT2D eigenvalue weighted by Gasteiger charge is 2.19. The minimum absolute atomic E-state index is 0.0512. The van der Waals surface area contributed by atoms with Crippen LogP contribution in [0.3, 0.4) is 0 Å². The summed E-state index contributed by atoms with van der Waals surface area (Å²) in [4.78, 5) is 25.0. The van der Waals surface area contributed by atoms with Crippen molar-refractivity contribution in [1.29, 1.82) is 0 Å². The molecule has 0 bridgehead atoms. The number of aromatic nitrogens is 2. The molecule has 1 unspecified atom stereocenters. The Bertz CT molecular complexity index is 500. The minimum atomic E-state index is -0.603. The third-order valence-electron chi connectivity index (χ3n) is 3.85. The summed E-state index contributed by atoms with van der Waals surface area (Å²) in [5, 5.41) is 0. The van der Waals surface area contributed by atoms with Gasteiger partial charge >= 0.3 is 5.97 Å². The molecule has 7 nitrogen and oxygen atoms in total. The van der Waals surface area contributed by atoms with Crippen molar-refractivity contribution in [2.24, 2.45) is 11.7 Å². The van der Waals surface area contributed by atoms with Gasteiger partial charge in [-0.15, -0.1) is 0 Å². The SMILES string of the molecule is CC(C)C(N)C(=O)OCc1cncc(N2CCN(C)CC2)n1. The van der Waals surface area contributed by atoms with Crippen LogP contribution in [0.1, 0.15) is 19.5 Å². The number of carbonyl (C=O) groups is 1. The van der Waals surface area contributed by atoms with E-state index in [0.717, 1.165) is 32.0 Å². The van der Waals surface area contributed by atoms with Gasteiger partial charge in [0.05, 0.1) is 18.1 Å². The summed E-state index contributed by atoms with van der Waals surface area (Å²) in [6.07, 6.45) is 3.37. The maximum atomic E-state index is 11.8. The maximum Gasteiger partial charge on any atom is 0.323 e. The molecule has 0 aromatic carbocycles. The Labute approximate surface area is 131 Å². The lowest BCUT2D eigenvalue weighted by atomic mass is 10.1. The van der Waals surface area contributed by atoms with Gasteiger partial charge < -0.3 is 20.3 Å². The molecular formula is C15H25N5O2. The molecule has 0 amide bonds. The third kappa shape index (κ3) is 4.38. The number of piperazine rings is 1. The van der Waals surface area contributed by atoms with E-state index in [1.165, 1.54) is 0 Å². The normalized spacial score (nSPS) is 17.6. The van der Waals surface area contributed by atoms with E-state index in [1.54, 1.807) is 12.4 Å². The van der Waals surface area contributed by atoms with Gasteiger partial charge in [0.15, 0.2) is 0 Å². The van der Waals surface area contributed by atoms with Crippen LogP contribution in [0.2, 0.25) is 0 Å². The number of hydrogen-bond acceptors (Lipinski definition) is 7. The first-order valence-corrected chi connectivity index (χ1v) is 7.64. The molecule has 1 aliphatic rings. The number of anilines is 1. The van der Waals surface area contributed by atoms with Gasteiger partial charge in [0, 0.05) is 26.2 Å². The van der Waals surface area contributed by atoms with Crippen LogP contribution >= 0.6 is 0 Å². The molecule has 1 atom stereocenters. The zero-order valence-corrected chi connectivity index (χ0v) is 13.5. The second-order valence-corrected chi connectivity index (χ2v) is 6.04. The zero-order chi connectivity index (χ0) is 16.1. The average Bonchev–Trinajstić information content (AvgIpc) is 2.52. The minimum Gasteiger partial charge on any atom is -0.458 e. The highest BCUT2D eigenvalue weighted by Crippen LogP contribution is 2.13. The smallest absolute Gasteiger partial charge is 0.323 e. The Balaban J connectivity index is 1.93. The number of rotatable bonds is 5. The Morgan fingerprint density at radius 3 is 2.64 bits per heavy atom. The van der Waals surface area contributed by atoms with E-state index in [4.69, 9.17) is 10.5 Å². The molecule has 1 fully saturated rings. The first-order chi connectivity index (χ1) is 10.5. The van der Waals surface area contributed by atoms with E-state index in [-0.39, 0.29) is 12.5 Å². The van der Waals surface area contributed by atoms with Crippen LogP contribution in [-0.4, -0.2) is 60.1 Å². The van der Waals surface area contributed by atoms with Gasteiger partial charge in [-0.1, -0.05) is 13.8 Å². The first kappa shape index (κ1) is 16.6. The molecule has 1 saturated heterocycles. The highest BCUT2D eigenvalue weighted by molar-refractivity contribution is 5.75. The van der Waals surface area contributed by atoms with Crippen molar-refractivity contribution < 1.29 is 9.53 Å². The van der Waals surface area contributed by atoms with Crippen molar-refractivity contribution in [1.82, 2.24) is 14.9 Å². The summed E-state index contributed by atoms with van der Waals surface area (Å²) in [6, 6.07) is -0.603. The van der Waals surface area contributed by atoms with Crippen LogP contribution in [0, 0.1) is 5.92 Å². The van der Waals surface area contributed by atoms with Crippen molar-refractivity contribution in [3.63, 3.8) is 0 Å². The lowest BCUT2D eigenvalue weighted by Gasteiger charge is -2.33. The van der Waals surface area contributed by atoms with Gasteiger partial charge in [0.2, 0.25) is 0 Å². The number of nitrogens with zero attached hydrogens (tertiary/aromatic N) is 4. The fourth-order valence-corrected chi connectivity index (χ4v) is 2.17. The van der Waals surface area contributed by atoms with Crippen molar-refractivity contribution in [3.8, 4) is 0 Å². The largest absolute Gasteiger partial charge is 0.458 e. The molecule has 2 heterocycles. The Morgan fingerprint density at radius 2 is 2.00 bits per heavy atom. The molecule has 0 saturated carbocycles.